The Kier molecular flexibility index (Phi) is 4.02. The summed E-state index contributed by atoms with van der Waals surface area (Å²) in [6.07, 6.45) is 4.82. The van der Waals surface area contributed by atoms with Crippen LogP contribution < -0.4 is 0 Å². The van der Waals surface area contributed by atoms with E-state index in [0.717, 1.165) is 25.7 Å². The number of carboxylic acids is 1. The highest BCUT2D eigenvalue weighted by atomic mass is 16.6. The molecule has 1 heterocycles. The first-order chi connectivity index (χ1) is 8.62. The molecule has 0 amide bonds. The second kappa shape index (κ2) is 5.53. The number of rotatable bonds is 7. The van der Waals surface area contributed by atoms with Gasteiger partial charge < -0.3 is 9.84 Å². The molecular weight excluding hydrogens is 228 g/mol. The van der Waals surface area contributed by atoms with Gasteiger partial charge in [-0.05, 0) is 38.2 Å². The van der Waals surface area contributed by atoms with Crippen molar-refractivity contribution in [3.8, 4) is 0 Å². The van der Waals surface area contributed by atoms with E-state index < -0.39 is 11.6 Å². The molecule has 1 fully saturated rings. The minimum atomic E-state index is -0.830. The molecule has 1 aliphatic heterocycles. The van der Waals surface area contributed by atoms with Crippen molar-refractivity contribution in [2.45, 2.75) is 44.6 Å². The highest BCUT2D eigenvalue weighted by Crippen LogP contribution is 2.33. The van der Waals surface area contributed by atoms with Gasteiger partial charge in [-0.1, -0.05) is 36.2 Å². The maximum Gasteiger partial charge on any atom is 0.338 e. The number of carbonyl (C=O) groups is 1. The molecule has 0 saturated carbocycles. The van der Waals surface area contributed by atoms with Gasteiger partial charge in [-0.2, -0.15) is 0 Å². The summed E-state index contributed by atoms with van der Waals surface area (Å²) in [6, 6.07) is 8.59. The lowest BCUT2D eigenvalue weighted by molar-refractivity contribution is -0.143. The molecule has 1 aromatic carbocycles. The molecule has 1 N–H and O–H groups in total. The quantitative estimate of drug-likeness (QED) is 0.596. The van der Waals surface area contributed by atoms with E-state index in [9.17, 15) is 4.79 Å². The highest BCUT2D eigenvalue weighted by molar-refractivity contribution is 5.80. The van der Waals surface area contributed by atoms with Gasteiger partial charge in [0.25, 0.3) is 0 Å². The van der Waals surface area contributed by atoms with Crippen molar-refractivity contribution in [3.05, 3.63) is 35.4 Å². The zero-order valence-corrected chi connectivity index (χ0v) is 10.8. The van der Waals surface area contributed by atoms with Crippen LogP contribution in [0.5, 0.6) is 0 Å². The molecule has 1 atom stereocenters. The first kappa shape index (κ1) is 13.1. The van der Waals surface area contributed by atoms with Crippen molar-refractivity contribution in [1.82, 2.24) is 0 Å². The van der Waals surface area contributed by atoms with Gasteiger partial charge in [-0.25, -0.2) is 4.79 Å². The standard InChI is InChI=1S/C15H20O3/c1-12-6-8-13(9-7-12)5-3-2-4-10-15(11-18-15)14(16)17/h6-9H,2-5,10-11H2,1H3,(H,16,17). The molecule has 1 aromatic rings. The zero-order valence-electron chi connectivity index (χ0n) is 10.8. The van der Waals surface area contributed by atoms with Gasteiger partial charge in [0.1, 0.15) is 0 Å². The van der Waals surface area contributed by atoms with E-state index in [2.05, 4.69) is 31.2 Å². The lowest BCUT2D eigenvalue weighted by Crippen LogP contribution is -2.23. The number of epoxide rings is 1. The van der Waals surface area contributed by atoms with E-state index in [1.807, 2.05) is 0 Å². The summed E-state index contributed by atoms with van der Waals surface area (Å²) in [5.41, 5.74) is 1.81. The van der Waals surface area contributed by atoms with Crippen molar-refractivity contribution in [2.24, 2.45) is 0 Å². The average molecular weight is 248 g/mol. The van der Waals surface area contributed by atoms with E-state index in [-0.39, 0.29) is 0 Å². The van der Waals surface area contributed by atoms with Crippen LogP contribution in [0, 0.1) is 6.92 Å². The summed E-state index contributed by atoms with van der Waals surface area (Å²) in [4.78, 5) is 10.9. The molecule has 0 aromatic heterocycles. The van der Waals surface area contributed by atoms with Gasteiger partial charge in [0.05, 0.1) is 6.61 Å². The van der Waals surface area contributed by atoms with Crippen LogP contribution in [0.4, 0.5) is 0 Å². The number of carboxylic acid groups (broad SMARTS) is 1. The number of ether oxygens (including phenoxy) is 1. The molecule has 0 spiro atoms. The van der Waals surface area contributed by atoms with Crippen LogP contribution in [0.3, 0.4) is 0 Å². The first-order valence-electron chi connectivity index (χ1n) is 6.55. The molecule has 1 saturated heterocycles. The maximum absolute atomic E-state index is 10.9. The van der Waals surface area contributed by atoms with Crippen LogP contribution >= 0.6 is 0 Å². The summed E-state index contributed by atoms with van der Waals surface area (Å²) in [6.45, 7) is 2.48. The largest absolute Gasteiger partial charge is 0.479 e. The van der Waals surface area contributed by atoms with Crippen molar-refractivity contribution < 1.29 is 14.6 Å². The van der Waals surface area contributed by atoms with E-state index in [1.165, 1.54) is 11.1 Å². The van der Waals surface area contributed by atoms with Gasteiger partial charge in [-0.3, -0.25) is 0 Å². The van der Waals surface area contributed by atoms with E-state index >= 15 is 0 Å². The second-order valence-electron chi connectivity index (χ2n) is 5.13. The first-order valence-corrected chi connectivity index (χ1v) is 6.55. The predicted molar refractivity (Wildman–Crippen MR) is 69.7 cm³/mol. The Morgan fingerprint density at radius 2 is 1.94 bits per heavy atom. The van der Waals surface area contributed by atoms with Gasteiger partial charge in [0, 0.05) is 0 Å². The Labute approximate surface area is 108 Å². The third kappa shape index (κ3) is 3.33. The lowest BCUT2D eigenvalue weighted by Gasteiger charge is -2.06. The fraction of sp³-hybridized carbons (Fsp3) is 0.533. The number of unbranched alkanes of at least 4 members (excludes halogenated alkanes) is 2. The molecule has 0 aliphatic carbocycles. The summed E-state index contributed by atoms with van der Waals surface area (Å²) < 4.78 is 5.04. The number of hydrogen-bond acceptors (Lipinski definition) is 2. The van der Waals surface area contributed by atoms with Gasteiger partial charge in [0.2, 0.25) is 0 Å². The third-order valence-corrected chi connectivity index (χ3v) is 3.55. The Balaban J connectivity index is 1.62. The summed E-state index contributed by atoms with van der Waals surface area (Å²) >= 11 is 0. The normalized spacial score (nSPS) is 21.8. The van der Waals surface area contributed by atoms with Crippen LogP contribution in [0.15, 0.2) is 24.3 Å². The molecule has 18 heavy (non-hydrogen) atoms. The molecule has 0 radical (unpaired) electrons. The molecule has 1 aliphatic rings. The van der Waals surface area contributed by atoms with E-state index in [0.29, 0.717) is 13.0 Å². The highest BCUT2D eigenvalue weighted by Gasteiger charge is 2.51. The van der Waals surface area contributed by atoms with Crippen molar-refractivity contribution in [3.63, 3.8) is 0 Å². The zero-order chi connectivity index (χ0) is 13.0. The summed E-state index contributed by atoms with van der Waals surface area (Å²) in [5, 5.41) is 8.94. The SMILES string of the molecule is Cc1ccc(CCCCCC2(C(=O)O)CO2)cc1. The van der Waals surface area contributed by atoms with Crippen molar-refractivity contribution in [1.29, 1.82) is 0 Å². The Bertz CT molecular complexity index is 404. The van der Waals surface area contributed by atoms with Crippen LogP contribution in [0.1, 0.15) is 36.8 Å². The van der Waals surface area contributed by atoms with Crippen LogP contribution in [0.2, 0.25) is 0 Å². The molecular formula is C15H20O3. The smallest absolute Gasteiger partial charge is 0.338 e. The van der Waals surface area contributed by atoms with Crippen molar-refractivity contribution >= 4 is 5.97 Å². The molecule has 3 heteroatoms. The Hall–Kier alpha value is -1.35. The number of hydrogen-bond donors (Lipinski definition) is 1. The second-order valence-corrected chi connectivity index (χ2v) is 5.13. The molecule has 2 rings (SSSR count). The van der Waals surface area contributed by atoms with E-state index in [1.54, 1.807) is 0 Å². The van der Waals surface area contributed by atoms with Gasteiger partial charge in [0.15, 0.2) is 5.60 Å². The van der Waals surface area contributed by atoms with E-state index in [4.69, 9.17) is 9.84 Å². The molecule has 98 valence electrons. The van der Waals surface area contributed by atoms with Gasteiger partial charge in [-0.15, -0.1) is 0 Å². The Morgan fingerprint density at radius 1 is 1.28 bits per heavy atom. The minimum absolute atomic E-state index is 0.389. The fourth-order valence-corrected chi connectivity index (χ4v) is 2.13. The topological polar surface area (TPSA) is 49.8 Å². The fourth-order valence-electron chi connectivity index (χ4n) is 2.13. The minimum Gasteiger partial charge on any atom is -0.479 e. The van der Waals surface area contributed by atoms with Crippen LogP contribution in [0.25, 0.3) is 0 Å². The van der Waals surface area contributed by atoms with Crippen LogP contribution in [-0.2, 0) is 16.0 Å². The van der Waals surface area contributed by atoms with Crippen LogP contribution in [-0.4, -0.2) is 23.3 Å². The van der Waals surface area contributed by atoms with Crippen molar-refractivity contribution in [2.75, 3.05) is 6.61 Å². The predicted octanol–water partition coefficient (Wildman–Crippen LogP) is 2.95. The Morgan fingerprint density at radius 3 is 2.50 bits per heavy atom. The average Bonchev–Trinajstić information content (AvgIpc) is 3.12. The number of aliphatic carboxylic acids is 1. The lowest BCUT2D eigenvalue weighted by atomic mass is 10.00. The van der Waals surface area contributed by atoms with Gasteiger partial charge >= 0.3 is 5.97 Å². The molecule has 0 bridgehead atoms. The summed E-state index contributed by atoms with van der Waals surface area (Å²) in [5.74, 6) is -0.805. The number of aryl methyl sites for hydroxylation is 2. The molecule has 3 nitrogen and oxygen atoms in total. The third-order valence-electron chi connectivity index (χ3n) is 3.55. The monoisotopic (exact) mass is 248 g/mol. The number of benzene rings is 1. The molecule has 1 unspecified atom stereocenters. The maximum atomic E-state index is 10.9. The summed E-state index contributed by atoms with van der Waals surface area (Å²) in [7, 11) is 0.